The topological polar surface area (TPSA) is 61.6 Å². The lowest BCUT2D eigenvalue weighted by molar-refractivity contribution is 0.0996. The summed E-state index contributed by atoms with van der Waals surface area (Å²) in [6.45, 7) is 5.26. The zero-order valence-corrected chi connectivity index (χ0v) is 10.1. The minimum atomic E-state index is -0.796. The number of halogens is 1. The lowest BCUT2D eigenvalue weighted by Gasteiger charge is -2.12. The van der Waals surface area contributed by atoms with Gasteiger partial charge in [-0.2, -0.15) is 0 Å². The molecule has 1 rings (SSSR count). The fraction of sp³-hybridized carbons (Fsp3) is 0.364. The first-order valence-electron chi connectivity index (χ1n) is 5.26. The number of rotatable bonds is 5. The van der Waals surface area contributed by atoms with Gasteiger partial charge in [0, 0.05) is 11.7 Å². The highest BCUT2D eigenvalue weighted by molar-refractivity contribution is 6.19. The van der Waals surface area contributed by atoms with Crippen molar-refractivity contribution in [1.29, 1.82) is 0 Å². The minimum absolute atomic E-state index is 0.0324. The molecule has 1 amide bonds. The van der Waals surface area contributed by atoms with Gasteiger partial charge in [0.15, 0.2) is 0 Å². The van der Waals surface area contributed by atoms with Gasteiger partial charge in [-0.3, -0.25) is 4.79 Å². The Bertz CT molecular complexity index is 423. The number of amides is 1. The number of benzene rings is 1. The van der Waals surface area contributed by atoms with Crippen molar-refractivity contribution in [3.63, 3.8) is 0 Å². The molecule has 0 bridgehead atoms. The zero-order chi connectivity index (χ0) is 13.0. The summed E-state index contributed by atoms with van der Waals surface area (Å²) in [5, 5.41) is 0. The van der Waals surface area contributed by atoms with Crippen LogP contribution in [0.3, 0.4) is 0 Å². The Morgan fingerprint density at radius 2 is 2.12 bits per heavy atom. The third-order valence-corrected chi connectivity index (χ3v) is 2.22. The van der Waals surface area contributed by atoms with Gasteiger partial charge >= 0.3 is 7.69 Å². The first kappa shape index (κ1) is 13.5. The van der Waals surface area contributed by atoms with Crippen LogP contribution in [0.5, 0.6) is 5.75 Å². The van der Waals surface area contributed by atoms with Crippen molar-refractivity contribution in [3.05, 3.63) is 29.1 Å². The molecule has 0 saturated heterocycles. The van der Waals surface area contributed by atoms with Crippen LogP contribution in [0.2, 0.25) is 0 Å². The number of primary amides is 1. The van der Waals surface area contributed by atoms with Gasteiger partial charge in [-0.15, -0.1) is 0 Å². The predicted molar refractivity (Wildman–Crippen MR) is 63.7 cm³/mol. The lowest BCUT2D eigenvalue weighted by Crippen LogP contribution is -2.16. The maximum absolute atomic E-state index is 13.7. The van der Waals surface area contributed by atoms with Crippen molar-refractivity contribution in [3.8, 4) is 5.75 Å². The van der Waals surface area contributed by atoms with E-state index in [2.05, 4.69) is 0 Å². The zero-order valence-electron chi connectivity index (χ0n) is 10.1. The molecule has 0 radical (unpaired) electrons. The summed E-state index contributed by atoms with van der Waals surface area (Å²) in [6.07, 6.45) is 0.0324. The molecule has 0 saturated carbocycles. The van der Waals surface area contributed by atoms with Crippen LogP contribution in [0.15, 0.2) is 12.1 Å². The summed E-state index contributed by atoms with van der Waals surface area (Å²) < 4.78 is 24.1. The van der Waals surface area contributed by atoms with Crippen molar-refractivity contribution in [2.24, 2.45) is 5.73 Å². The number of nitrogens with two attached hydrogens (primary N) is 1. The Balaban J connectivity index is 2.82. The van der Waals surface area contributed by atoms with Crippen LogP contribution in [-0.2, 0) is 4.65 Å². The minimum Gasteiger partial charge on any atom is -0.538 e. The summed E-state index contributed by atoms with van der Waals surface area (Å²) >= 11 is 0. The van der Waals surface area contributed by atoms with Crippen molar-refractivity contribution in [1.82, 2.24) is 0 Å². The highest BCUT2D eigenvalue weighted by Gasteiger charge is 2.14. The molecule has 0 aliphatic carbocycles. The average molecular weight is 239 g/mol. The third kappa shape index (κ3) is 3.46. The fourth-order valence-corrected chi connectivity index (χ4v) is 1.25. The maximum Gasteiger partial charge on any atom is 0.507 e. The monoisotopic (exact) mass is 239 g/mol. The molecule has 0 fully saturated rings. The first-order valence-corrected chi connectivity index (χ1v) is 5.26. The van der Waals surface area contributed by atoms with E-state index in [0.29, 0.717) is 5.75 Å². The van der Waals surface area contributed by atoms with Crippen LogP contribution in [0.4, 0.5) is 4.39 Å². The molecule has 6 heteroatoms. The van der Waals surface area contributed by atoms with Crippen LogP contribution in [0, 0.1) is 12.7 Å². The molecule has 0 spiro atoms. The lowest BCUT2D eigenvalue weighted by atomic mass is 10.1. The Morgan fingerprint density at radius 1 is 1.47 bits per heavy atom. The Labute approximate surface area is 100 Å². The van der Waals surface area contributed by atoms with E-state index >= 15 is 0 Å². The number of hydrogen-bond acceptors (Lipinski definition) is 3. The standard InChI is InChI=1S/C11H15BFNO3/c1-6(2)16-12-17-9-5-4-8(11(14)15)10(13)7(9)3/h4-6,12H,1-3H3,(H2,14,15). The van der Waals surface area contributed by atoms with E-state index in [-0.39, 0.29) is 24.9 Å². The quantitative estimate of drug-likeness (QED) is 0.787. The van der Waals surface area contributed by atoms with Gasteiger partial charge in [0.1, 0.15) is 11.6 Å². The molecule has 0 atom stereocenters. The van der Waals surface area contributed by atoms with E-state index in [1.165, 1.54) is 19.1 Å². The summed E-state index contributed by atoms with van der Waals surface area (Å²) in [5.41, 5.74) is 5.13. The third-order valence-electron chi connectivity index (χ3n) is 2.22. The molecule has 4 nitrogen and oxygen atoms in total. The highest BCUT2D eigenvalue weighted by Crippen LogP contribution is 2.23. The van der Waals surface area contributed by atoms with Gasteiger partial charge in [0.05, 0.1) is 5.56 Å². The highest BCUT2D eigenvalue weighted by atomic mass is 19.1. The van der Waals surface area contributed by atoms with Crippen molar-refractivity contribution in [2.75, 3.05) is 0 Å². The van der Waals surface area contributed by atoms with Crippen LogP contribution in [0.25, 0.3) is 0 Å². The second-order valence-electron chi connectivity index (χ2n) is 3.89. The molecule has 0 aliphatic rings. The second kappa shape index (κ2) is 5.68. The second-order valence-corrected chi connectivity index (χ2v) is 3.89. The van der Waals surface area contributed by atoms with E-state index in [4.69, 9.17) is 15.0 Å². The van der Waals surface area contributed by atoms with Gasteiger partial charge in [0.2, 0.25) is 0 Å². The van der Waals surface area contributed by atoms with E-state index in [9.17, 15) is 9.18 Å². The summed E-state index contributed by atoms with van der Waals surface area (Å²) in [4.78, 5) is 10.9. The van der Waals surface area contributed by atoms with Crippen LogP contribution >= 0.6 is 0 Å². The van der Waals surface area contributed by atoms with Gasteiger partial charge in [-0.05, 0) is 32.9 Å². The molecule has 1 aromatic rings. The molecule has 2 N–H and O–H groups in total. The van der Waals surface area contributed by atoms with Crippen LogP contribution in [-0.4, -0.2) is 19.7 Å². The summed E-state index contributed by atoms with van der Waals surface area (Å²) in [6, 6.07) is 2.80. The summed E-state index contributed by atoms with van der Waals surface area (Å²) in [7, 11) is 0.0356. The molecule has 92 valence electrons. The largest absolute Gasteiger partial charge is 0.538 e. The summed E-state index contributed by atoms with van der Waals surface area (Å²) in [5.74, 6) is -1.11. The Hall–Kier alpha value is -1.56. The molecule has 17 heavy (non-hydrogen) atoms. The van der Waals surface area contributed by atoms with Gasteiger partial charge in [0.25, 0.3) is 5.91 Å². The van der Waals surface area contributed by atoms with E-state index in [0.717, 1.165) is 0 Å². The smallest absolute Gasteiger partial charge is 0.507 e. The number of carbonyl (C=O) groups excluding carboxylic acids is 1. The SMILES string of the molecule is Cc1c(OBOC(C)C)ccc(C(N)=O)c1F. The molecule has 0 unspecified atom stereocenters. The van der Waals surface area contributed by atoms with E-state index < -0.39 is 11.7 Å². The van der Waals surface area contributed by atoms with Gasteiger partial charge in [-0.25, -0.2) is 4.39 Å². The molecular weight excluding hydrogens is 224 g/mol. The van der Waals surface area contributed by atoms with Crippen LogP contribution < -0.4 is 10.4 Å². The number of carbonyl (C=O) groups is 1. The van der Waals surface area contributed by atoms with E-state index in [1.807, 2.05) is 13.8 Å². The van der Waals surface area contributed by atoms with Crippen LogP contribution in [0.1, 0.15) is 29.8 Å². The van der Waals surface area contributed by atoms with Crippen molar-refractivity contribution in [2.45, 2.75) is 26.9 Å². The molecule has 0 aliphatic heterocycles. The van der Waals surface area contributed by atoms with E-state index in [1.54, 1.807) is 0 Å². The normalized spacial score (nSPS) is 10.4. The Kier molecular flexibility index (Phi) is 4.51. The molecule has 0 heterocycles. The first-order chi connectivity index (χ1) is 7.93. The molecular formula is C11H15BFNO3. The van der Waals surface area contributed by atoms with Crippen molar-refractivity contribution >= 4 is 13.6 Å². The molecule has 1 aromatic carbocycles. The Morgan fingerprint density at radius 3 is 2.65 bits per heavy atom. The maximum atomic E-state index is 13.7. The predicted octanol–water partition coefficient (Wildman–Crippen LogP) is 1.30. The number of hydrogen-bond donors (Lipinski definition) is 1. The average Bonchev–Trinajstić information content (AvgIpc) is 2.23. The van der Waals surface area contributed by atoms with Crippen molar-refractivity contribution < 1.29 is 18.5 Å². The van der Waals surface area contributed by atoms with Gasteiger partial charge < -0.3 is 15.0 Å². The molecule has 0 aromatic heterocycles. The fourth-order valence-electron chi connectivity index (χ4n) is 1.25. The van der Waals surface area contributed by atoms with Gasteiger partial charge in [-0.1, -0.05) is 0 Å².